The molecule has 0 aliphatic heterocycles. The molecule has 116 valence electrons. The summed E-state index contributed by atoms with van der Waals surface area (Å²) in [6, 6.07) is 2.06. The van der Waals surface area contributed by atoms with Crippen LogP contribution in [0.4, 0.5) is 0 Å². The van der Waals surface area contributed by atoms with Crippen LogP contribution in [0.2, 0.25) is 0 Å². The summed E-state index contributed by atoms with van der Waals surface area (Å²) >= 11 is 1.53. The Kier molecular flexibility index (Phi) is 7.87. The van der Waals surface area contributed by atoms with Crippen LogP contribution in [0.5, 0.6) is 0 Å². The number of aryl methyl sites for hydroxylation is 2. The summed E-state index contributed by atoms with van der Waals surface area (Å²) < 4.78 is 10.1. The first-order valence-corrected chi connectivity index (χ1v) is 7.88. The third-order valence-electron chi connectivity index (χ3n) is 3.06. The normalized spacial score (nSPS) is 10.4. The van der Waals surface area contributed by atoms with Crippen LogP contribution >= 0.6 is 11.8 Å². The summed E-state index contributed by atoms with van der Waals surface area (Å²) in [5, 5.41) is 12.5. The average molecular weight is 311 g/mol. The van der Waals surface area contributed by atoms with Gasteiger partial charge in [-0.3, -0.25) is 4.79 Å². The second-order valence-corrected chi connectivity index (χ2v) is 5.56. The molecule has 0 unspecified atom stereocenters. The van der Waals surface area contributed by atoms with Crippen molar-refractivity contribution in [2.75, 3.05) is 32.6 Å². The van der Waals surface area contributed by atoms with E-state index >= 15 is 0 Å². The minimum absolute atomic E-state index is 0.0269. The number of carbonyl (C=O) groups is 1. The van der Waals surface area contributed by atoms with Crippen molar-refractivity contribution in [1.29, 1.82) is 5.26 Å². The van der Waals surface area contributed by atoms with E-state index in [1.807, 2.05) is 13.8 Å². The number of hydrogen-bond donors (Lipinski definition) is 0. The van der Waals surface area contributed by atoms with Gasteiger partial charge in [0.15, 0.2) is 0 Å². The largest absolute Gasteiger partial charge is 0.383 e. The predicted molar refractivity (Wildman–Crippen MR) is 80.8 cm³/mol. The number of carbonyl (C=O) groups excluding carboxylic acids is 1. The molecule has 1 aromatic rings. The van der Waals surface area contributed by atoms with E-state index < -0.39 is 0 Å². The summed E-state index contributed by atoms with van der Waals surface area (Å²) in [5.41, 5.74) is 1.92. The maximum absolute atomic E-state index is 12.2. The Labute approximate surface area is 129 Å². The highest BCUT2D eigenvalue weighted by atomic mass is 32.2. The monoisotopic (exact) mass is 311 g/mol. The summed E-state index contributed by atoms with van der Waals surface area (Å²) in [5.74, 6) is 1.90. The molecule has 0 aliphatic carbocycles. The SMILES string of the molecule is COCCN(CCC#N)C(=O)CSCc1c(C)noc1C. The molecule has 0 radical (unpaired) electrons. The zero-order chi connectivity index (χ0) is 15.7. The second-order valence-electron chi connectivity index (χ2n) is 4.58. The van der Waals surface area contributed by atoms with E-state index in [2.05, 4.69) is 11.2 Å². The van der Waals surface area contributed by atoms with Crippen molar-refractivity contribution in [3.8, 4) is 6.07 Å². The molecule has 7 heteroatoms. The molecule has 0 N–H and O–H groups in total. The highest BCUT2D eigenvalue weighted by Crippen LogP contribution is 2.19. The fourth-order valence-corrected chi connectivity index (χ4v) is 2.86. The number of ether oxygens (including phenoxy) is 1. The lowest BCUT2D eigenvalue weighted by Gasteiger charge is -2.21. The van der Waals surface area contributed by atoms with Crippen LogP contribution < -0.4 is 0 Å². The van der Waals surface area contributed by atoms with Crippen LogP contribution in [0.1, 0.15) is 23.4 Å². The van der Waals surface area contributed by atoms with Gasteiger partial charge in [-0.05, 0) is 13.8 Å². The molecule has 0 aliphatic rings. The van der Waals surface area contributed by atoms with Crippen LogP contribution in [0, 0.1) is 25.2 Å². The van der Waals surface area contributed by atoms with Gasteiger partial charge in [0.1, 0.15) is 5.76 Å². The molecule has 0 aromatic carbocycles. The zero-order valence-electron chi connectivity index (χ0n) is 12.7. The van der Waals surface area contributed by atoms with E-state index in [0.29, 0.717) is 37.6 Å². The van der Waals surface area contributed by atoms with Gasteiger partial charge >= 0.3 is 0 Å². The molecule has 1 rings (SSSR count). The lowest BCUT2D eigenvalue weighted by molar-refractivity contribution is -0.128. The van der Waals surface area contributed by atoms with Crippen molar-refractivity contribution < 1.29 is 14.1 Å². The number of hydrogen-bond acceptors (Lipinski definition) is 6. The molecular formula is C14H21N3O3S. The average Bonchev–Trinajstić information content (AvgIpc) is 2.79. The van der Waals surface area contributed by atoms with Gasteiger partial charge in [-0.15, -0.1) is 11.8 Å². The lowest BCUT2D eigenvalue weighted by atomic mass is 10.2. The van der Waals surface area contributed by atoms with E-state index in [1.54, 1.807) is 12.0 Å². The van der Waals surface area contributed by atoms with Gasteiger partial charge < -0.3 is 14.2 Å². The first-order chi connectivity index (χ1) is 10.1. The number of methoxy groups -OCH3 is 1. The summed E-state index contributed by atoms with van der Waals surface area (Å²) in [6.07, 6.45) is 0.337. The Morgan fingerprint density at radius 2 is 2.24 bits per heavy atom. The van der Waals surface area contributed by atoms with Crippen molar-refractivity contribution >= 4 is 17.7 Å². The number of rotatable bonds is 9. The standard InChI is InChI=1S/C14H21N3O3S/c1-11-13(12(2)20-16-11)9-21-10-14(18)17(6-4-5-15)7-8-19-3/h4,6-10H2,1-3H3. The van der Waals surface area contributed by atoms with E-state index in [9.17, 15) is 4.79 Å². The fourth-order valence-electron chi connectivity index (χ4n) is 1.79. The number of aromatic nitrogens is 1. The Balaban J connectivity index is 2.44. The molecule has 0 fully saturated rings. The van der Waals surface area contributed by atoms with E-state index in [1.165, 1.54) is 11.8 Å². The van der Waals surface area contributed by atoms with Gasteiger partial charge in [-0.1, -0.05) is 5.16 Å². The molecule has 0 atom stereocenters. The van der Waals surface area contributed by atoms with Crippen molar-refractivity contribution in [3.63, 3.8) is 0 Å². The Morgan fingerprint density at radius 3 is 2.81 bits per heavy atom. The van der Waals surface area contributed by atoms with E-state index in [0.717, 1.165) is 17.0 Å². The van der Waals surface area contributed by atoms with Crippen LogP contribution in [-0.2, 0) is 15.3 Å². The molecule has 1 heterocycles. The minimum Gasteiger partial charge on any atom is -0.383 e. The first-order valence-electron chi connectivity index (χ1n) is 6.73. The predicted octanol–water partition coefficient (Wildman–Crippen LogP) is 1.91. The molecular weight excluding hydrogens is 290 g/mol. The van der Waals surface area contributed by atoms with Crippen LogP contribution in [0.25, 0.3) is 0 Å². The van der Waals surface area contributed by atoms with Gasteiger partial charge in [0.2, 0.25) is 5.91 Å². The van der Waals surface area contributed by atoms with Crippen LogP contribution in [-0.4, -0.2) is 48.5 Å². The summed E-state index contributed by atoms with van der Waals surface area (Å²) in [7, 11) is 1.60. The topological polar surface area (TPSA) is 79.4 Å². The molecule has 6 nitrogen and oxygen atoms in total. The van der Waals surface area contributed by atoms with Gasteiger partial charge in [-0.2, -0.15) is 5.26 Å². The molecule has 0 saturated carbocycles. The first kappa shape index (κ1) is 17.5. The minimum atomic E-state index is 0.0269. The fraction of sp³-hybridized carbons (Fsp3) is 0.643. The highest BCUT2D eigenvalue weighted by molar-refractivity contribution is 7.99. The molecule has 0 saturated heterocycles. The number of thioether (sulfide) groups is 1. The van der Waals surface area contributed by atoms with Gasteiger partial charge in [0, 0.05) is 31.5 Å². The third-order valence-corrected chi connectivity index (χ3v) is 4.01. The van der Waals surface area contributed by atoms with E-state index in [-0.39, 0.29) is 5.91 Å². The summed E-state index contributed by atoms with van der Waals surface area (Å²) in [4.78, 5) is 13.8. The molecule has 0 spiro atoms. The van der Waals surface area contributed by atoms with Crippen LogP contribution in [0.15, 0.2) is 4.52 Å². The second kappa shape index (κ2) is 9.42. The van der Waals surface area contributed by atoms with Gasteiger partial charge in [-0.25, -0.2) is 0 Å². The number of nitriles is 1. The van der Waals surface area contributed by atoms with Crippen molar-refractivity contribution in [3.05, 3.63) is 17.0 Å². The molecule has 21 heavy (non-hydrogen) atoms. The van der Waals surface area contributed by atoms with Crippen LogP contribution in [0.3, 0.4) is 0 Å². The van der Waals surface area contributed by atoms with E-state index in [4.69, 9.17) is 14.5 Å². The van der Waals surface area contributed by atoms with Crippen molar-refractivity contribution in [2.24, 2.45) is 0 Å². The highest BCUT2D eigenvalue weighted by Gasteiger charge is 2.14. The molecule has 1 amide bonds. The number of amides is 1. The Hall–Kier alpha value is -1.52. The summed E-state index contributed by atoms with van der Waals surface area (Å²) in [6.45, 7) is 5.21. The smallest absolute Gasteiger partial charge is 0.232 e. The van der Waals surface area contributed by atoms with Gasteiger partial charge in [0.25, 0.3) is 0 Å². The van der Waals surface area contributed by atoms with Crippen molar-refractivity contribution in [1.82, 2.24) is 10.1 Å². The maximum Gasteiger partial charge on any atom is 0.232 e. The lowest BCUT2D eigenvalue weighted by Crippen LogP contribution is -2.36. The molecule has 1 aromatic heterocycles. The quantitative estimate of drug-likeness (QED) is 0.693. The number of nitrogens with zero attached hydrogens (tertiary/aromatic N) is 3. The Morgan fingerprint density at radius 1 is 1.48 bits per heavy atom. The zero-order valence-corrected chi connectivity index (χ0v) is 13.5. The maximum atomic E-state index is 12.2. The molecule has 0 bridgehead atoms. The van der Waals surface area contributed by atoms with Gasteiger partial charge in [0.05, 0.1) is 30.5 Å². The Bertz CT molecular complexity index is 477. The van der Waals surface area contributed by atoms with Crippen molar-refractivity contribution in [2.45, 2.75) is 26.0 Å². The third kappa shape index (κ3) is 5.78.